The van der Waals surface area contributed by atoms with E-state index >= 15 is 0 Å². The van der Waals surface area contributed by atoms with Gasteiger partial charge in [-0.2, -0.15) is 0 Å². The second-order valence-electron chi connectivity index (χ2n) is 9.18. The van der Waals surface area contributed by atoms with Crippen LogP contribution in [-0.2, 0) is 4.79 Å². The van der Waals surface area contributed by atoms with Crippen LogP contribution < -0.4 is 24.4 Å². The van der Waals surface area contributed by atoms with E-state index < -0.39 is 0 Å². The van der Waals surface area contributed by atoms with E-state index in [4.69, 9.17) is 28.9 Å². The third kappa shape index (κ3) is 7.43. The number of nitrogens with one attached hydrogen (secondary N) is 1. The summed E-state index contributed by atoms with van der Waals surface area (Å²) in [6.45, 7) is 15.2. The van der Waals surface area contributed by atoms with Crippen LogP contribution in [0.5, 0.6) is 23.0 Å². The van der Waals surface area contributed by atoms with E-state index in [-0.39, 0.29) is 17.2 Å². The van der Waals surface area contributed by atoms with E-state index in [0.29, 0.717) is 17.2 Å². The van der Waals surface area contributed by atoms with E-state index in [0.717, 1.165) is 28.0 Å². The zero-order chi connectivity index (χ0) is 26.8. The van der Waals surface area contributed by atoms with Crippen molar-refractivity contribution in [2.45, 2.75) is 34.6 Å². The van der Waals surface area contributed by atoms with Gasteiger partial charge in [-0.05, 0) is 60.2 Å². The largest absolute Gasteiger partial charge is 0.495 e. The minimum atomic E-state index is -0.165. The van der Waals surface area contributed by atoms with Crippen LogP contribution in [0.1, 0.15) is 51.3 Å². The van der Waals surface area contributed by atoms with Crippen LogP contribution in [-0.4, -0.2) is 40.1 Å². The van der Waals surface area contributed by atoms with Gasteiger partial charge in [0.05, 0.1) is 34.0 Å². The smallest absolute Gasteiger partial charge is 0.230 e. The summed E-state index contributed by atoms with van der Waals surface area (Å²) in [5.74, 6) is 9.21. The highest BCUT2D eigenvalue weighted by Crippen LogP contribution is 2.41. The quantitative estimate of drug-likeness (QED) is 0.240. The molecule has 0 aliphatic rings. The van der Waals surface area contributed by atoms with Crippen LogP contribution in [0.4, 0.5) is 0 Å². The zero-order valence-electron chi connectivity index (χ0n) is 22.2. The molecule has 2 aromatic carbocycles. The fourth-order valence-corrected chi connectivity index (χ4v) is 2.83. The zero-order valence-corrected chi connectivity index (χ0v) is 22.2. The van der Waals surface area contributed by atoms with Crippen molar-refractivity contribution in [1.29, 1.82) is 0 Å². The first-order valence-electron chi connectivity index (χ1n) is 10.9. The first kappa shape index (κ1) is 29.4. The predicted molar refractivity (Wildman–Crippen MR) is 138 cm³/mol. The number of carbonyl (C=O) groups excluding carboxylic acids is 1. The summed E-state index contributed by atoms with van der Waals surface area (Å²) < 4.78 is 21.9. The highest BCUT2D eigenvalue weighted by atomic mass is 16.5. The number of amides is 1. The summed E-state index contributed by atoms with van der Waals surface area (Å²) in [6.07, 6.45) is 0.181. The molecule has 0 aromatic heterocycles. The van der Waals surface area contributed by atoms with E-state index in [1.54, 1.807) is 28.4 Å². The molecule has 0 aliphatic carbocycles. The highest BCUT2D eigenvalue weighted by molar-refractivity contribution is 5.81. The van der Waals surface area contributed by atoms with Crippen LogP contribution in [0.25, 0.3) is 5.57 Å². The Morgan fingerprint density at radius 1 is 0.886 bits per heavy atom. The van der Waals surface area contributed by atoms with Crippen molar-refractivity contribution < 1.29 is 28.9 Å². The van der Waals surface area contributed by atoms with Crippen LogP contribution in [0.15, 0.2) is 36.9 Å². The maximum atomic E-state index is 8.81. The standard InChI is InChI=1S/C27H34O4.CH3NO2/c1-18(21-16-23(29-8)25(31-10)24(17-21)30-9)19-11-12-22(28-7)20(15-19)13-14-27(5,6)26(2,3)4;3-1-2-4/h11-12,15-17H,1H2,2-10H3;1,4H,(H,2,3). The molecule has 0 fully saturated rings. The van der Waals surface area contributed by atoms with Crippen molar-refractivity contribution in [3.8, 4) is 34.8 Å². The topological polar surface area (TPSA) is 86.2 Å². The third-order valence-corrected chi connectivity index (χ3v) is 6.00. The molecule has 0 aliphatic heterocycles. The van der Waals surface area contributed by atoms with Crippen molar-refractivity contribution in [3.63, 3.8) is 0 Å². The molecule has 2 aromatic rings. The van der Waals surface area contributed by atoms with Gasteiger partial charge in [0.15, 0.2) is 11.5 Å². The summed E-state index contributed by atoms with van der Waals surface area (Å²) in [7, 11) is 6.44. The first-order valence-corrected chi connectivity index (χ1v) is 10.9. The van der Waals surface area contributed by atoms with Crippen molar-refractivity contribution in [1.82, 2.24) is 5.48 Å². The van der Waals surface area contributed by atoms with E-state index in [2.05, 4.69) is 53.0 Å². The van der Waals surface area contributed by atoms with E-state index in [1.807, 2.05) is 30.3 Å². The molecule has 0 unspecified atom stereocenters. The van der Waals surface area contributed by atoms with Crippen LogP contribution in [0, 0.1) is 22.7 Å². The molecule has 7 nitrogen and oxygen atoms in total. The summed E-state index contributed by atoms with van der Waals surface area (Å²) >= 11 is 0. The van der Waals surface area contributed by atoms with Gasteiger partial charge < -0.3 is 18.9 Å². The van der Waals surface area contributed by atoms with Gasteiger partial charge in [-0.1, -0.05) is 45.3 Å². The highest BCUT2D eigenvalue weighted by Gasteiger charge is 2.30. The third-order valence-electron chi connectivity index (χ3n) is 6.00. The van der Waals surface area contributed by atoms with Crippen LogP contribution in [0.3, 0.4) is 0 Å². The normalized spacial score (nSPS) is 10.6. The number of ether oxygens (including phenoxy) is 4. The Bertz CT molecular complexity index is 1060. The molecular formula is C28H37NO6. The number of hydroxylamine groups is 1. The molecule has 0 spiro atoms. The fraction of sp³-hybridized carbons (Fsp3) is 0.393. The molecule has 0 bridgehead atoms. The summed E-state index contributed by atoms with van der Waals surface area (Å²) in [4.78, 5) is 8.81. The predicted octanol–water partition coefficient (Wildman–Crippen LogP) is 5.33. The summed E-state index contributed by atoms with van der Waals surface area (Å²) in [5.41, 5.74) is 4.58. The molecule has 0 radical (unpaired) electrons. The second kappa shape index (κ2) is 12.7. The van der Waals surface area contributed by atoms with E-state index in [9.17, 15) is 0 Å². The number of rotatable bonds is 7. The molecule has 35 heavy (non-hydrogen) atoms. The minimum Gasteiger partial charge on any atom is -0.495 e. The van der Waals surface area contributed by atoms with Crippen molar-refractivity contribution >= 4 is 12.0 Å². The van der Waals surface area contributed by atoms with E-state index in [1.165, 1.54) is 5.48 Å². The van der Waals surface area contributed by atoms with Gasteiger partial charge >= 0.3 is 0 Å². The van der Waals surface area contributed by atoms with Crippen LogP contribution in [0.2, 0.25) is 0 Å². The lowest BCUT2D eigenvalue weighted by molar-refractivity contribution is -0.116. The fourth-order valence-electron chi connectivity index (χ4n) is 2.83. The Kier molecular flexibility index (Phi) is 10.7. The molecule has 0 saturated carbocycles. The summed E-state index contributed by atoms with van der Waals surface area (Å²) in [6, 6.07) is 9.69. The number of carbonyl (C=O) groups is 1. The van der Waals surface area contributed by atoms with Gasteiger partial charge in [0.2, 0.25) is 12.2 Å². The average molecular weight is 484 g/mol. The Balaban J connectivity index is 0.00000142. The molecular weight excluding hydrogens is 446 g/mol. The maximum absolute atomic E-state index is 8.81. The Morgan fingerprint density at radius 2 is 1.40 bits per heavy atom. The SMILES string of the molecule is C=C(c1ccc(OC)c(C#CC(C)(C)C(C)(C)C)c1)c1cc(OC)c(OC)c(OC)c1.O=CNO. The lowest BCUT2D eigenvalue weighted by atomic mass is 9.70. The Hall–Kier alpha value is -3.63. The lowest BCUT2D eigenvalue weighted by Gasteiger charge is -2.34. The Morgan fingerprint density at radius 3 is 1.80 bits per heavy atom. The molecule has 2 N–H and O–H groups in total. The van der Waals surface area contributed by atoms with Gasteiger partial charge in [-0.15, -0.1) is 0 Å². The van der Waals surface area contributed by atoms with Gasteiger partial charge in [-0.25, -0.2) is 5.48 Å². The maximum Gasteiger partial charge on any atom is 0.230 e. The summed E-state index contributed by atoms with van der Waals surface area (Å²) in [5, 5.41) is 7.26. The number of hydrogen-bond acceptors (Lipinski definition) is 6. The van der Waals surface area contributed by atoms with Crippen molar-refractivity contribution in [2.24, 2.45) is 10.8 Å². The van der Waals surface area contributed by atoms with Gasteiger partial charge in [0, 0.05) is 5.41 Å². The molecule has 2 rings (SSSR count). The second-order valence-corrected chi connectivity index (χ2v) is 9.18. The first-order chi connectivity index (χ1) is 16.4. The monoisotopic (exact) mass is 483 g/mol. The average Bonchev–Trinajstić information content (AvgIpc) is 2.85. The minimum absolute atomic E-state index is 0.0463. The molecule has 1 amide bonds. The number of methoxy groups -OCH3 is 4. The molecule has 0 saturated heterocycles. The Labute approximate surface area is 209 Å². The molecule has 0 heterocycles. The number of hydrogen-bond donors (Lipinski definition) is 2. The molecule has 0 atom stereocenters. The van der Waals surface area contributed by atoms with Gasteiger partial charge in [0.25, 0.3) is 0 Å². The molecule has 190 valence electrons. The van der Waals surface area contributed by atoms with Gasteiger partial charge in [0.1, 0.15) is 5.75 Å². The van der Waals surface area contributed by atoms with Gasteiger partial charge in [-0.3, -0.25) is 10.0 Å². The number of benzene rings is 2. The molecule has 7 heteroatoms. The lowest BCUT2D eigenvalue weighted by Crippen LogP contribution is -2.27. The van der Waals surface area contributed by atoms with Crippen molar-refractivity contribution in [3.05, 3.63) is 53.6 Å². The van der Waals surface area contributed by atoms with Crippen LogP contribution >= 0.6 is 0 Å². The van der Waals surface area contributed by atoms with Crippen molar-refractivity contribution in [2.75, 3.05) is 28.4 Å².